The van der Waals surface area contributed by atoms with E-state index in [2.05, 4.69) is 5.32 Å². The number of benzene rings is 2. The number of aromatic carboxylic acids is 1. The Morgan fingerprint density at radius 3 is 2.48 bits per heavy atom. The number of methoxy groups -OCH3 is 2. The van der Waals surface area contributed by atoms with Gasteiger partial charge in [0.2, 0.25) is 0 Å². The minimum atomic E-state index is -1.14. The number of carboxylic acids is 1. The van der Waals surface area contributed by atoms with Crippen LogP contribution in [-0.2, 0) is 6.42 Å². The molecule has 132 valence electrons. The Morgan fingerprint density at radius 2 is 1.84 bits per heavy atom. The van der Waals surface area contributed by atoms with Gasteiger partial charge >= 0.3 is 5.97 Å². The highest BCUT2D eigenvalue weighted by molar-refractivity contribution is 5.94. The first kappa shape index (κ1) is 16.9. The van der Waals surface area contributed by atoms with Crippen LogP contribution in [0.2, 0.25) is 0 Å². The maximum absolute atomic E-state index is 11.9. The predicted molar refractivity (Wildman–Crippen MR) is 89.8 cm³/mol. The second-order valence-electron chi connectivity index (χ2n) is 5.75. The minimum absolute atomic E-state index is 0.000218. The highest BCUT2D eigenvalue weighted by atomic mass is 16.5. The molecule has 0 bridgehead atoms. The van der Waals surface area contributed by atoms with Gasteiger partial charge in [-0.2, -0.15) is 0 Å². The van der Waals surface area contributed by atoms with Crippen molar-refractivity contribution >= 4 is 5.97 Å². The molecule has 1 aliphatic rings. The van der Waals surface area contributed by atoms with Gasteiger partial charge < -0.3 is 30.1 Å². The molecule has 0 aliphatic carbocycles. The van der Waals surface area contributed by atoms with E-state index in [1.807, 2.05) is 0 Å². The number of ether oxygens (including phenoxy) is 2. The summed E-state index contributed by atoms with van der Waals surface area (Å²) in [6.45, 7) is 0.606. The molecule has 0 saturated carbocycles. The van der Waals surface area contributed by atoms with Crippen LogP contribution < -0.4 is 14.8 Å². The van der Waals surface area contributed by atoms with Crippen molar-refractivity contribution in [2.45, 2.75) is 12.5 Å². The summed E-state index contributed by atoms with van der Waals surface area (Å²) in [7, 11) is 2.83. The molecule has 0 saturated heterocycles. The SMILES string of the molecule is COc1ccc([C@@H]2NCCc3cc(O)c(O)cc32)c(C(=O)O)c1OC. The van der Waals surface area contributed by atoms with Crippen molar-refractivity contribution in [3.8, 4) is 23.0 Å². The third-order valence-corrected chi connectivity index (χ3v) is 4.39. The summed E-state index contributed by atoms with van der Waals surface area (Å²) in [4.78, 5) is 11.9. The quantitative estimate of drug-likeness (QED) is 0.628. The molecule has 0 aromatic heterocycles. The summed E-state index contributed by atoms with van der Waals surface area (Å²) in [6, 6.07) is 5.84. The fourth-order valence-electron chi connectivity index (χ4n) is 3.26. The fraction of sp³-hybridized carbons (Fsp3) is 0.278. The Hall–Kier alpha value is -2.93. The molecule has 1 heterocycles. The molecule has 25 heavy (non-hydrogen) atoms. The van der Waals surface area contributed by atoms with Gasteiger partial charge in [-0.3, -0.25) is 0 Å². The highest BCUT2D eigenvalue weighted by Gasteiger charge is 2.30. The van der Waals surface area contributed by atoms with Crippen LogP contribution >= 0.6 is 0 Å². The van der Waals surface area contributed by atoms with E-state index in [0.29, 0.717) is 24.3 Å². The van der Waals surface area contributed by atoms with E-state index in [9.17, 15) is 20.1 Å². The molecule has 4 N–H and O–H groups in total. The zero-order valence-electron chi connectivity index (χ0n) is 13.9. The molecule has 0 amide bonds. The number of hydrogen-bond acceptors (Lipinski definition) is 6. The van der Waals surface area contributed by atoms with E-state index in [0.717, 1.165) is 11.1 Å². The van der Waals surface area contributed by atoms with E-state index in [-0.39, 0.29) is 22.8 Å². The Morgan fingerprint density at radius 1 is 1.12 bits per heavy atom. The lowest BCUT2D eigenvalue weighted by atomic mass is 9.87. The van der Waals surface area contributed by atoms with Crippen LogP contribution in [0, 0.1) is 0 Å². The average Bonchev–Trinajstić information content (AvgIpc) is 2.60. The van der Waals surface area contributed by atoms with Gasteiger partial charge in [0.25, 0.3) is 0 Å². The Labute approximate surface area is 144 Å². The number of phenols is 2. The zero-order chi connectivity index (χ0) is 18.1. The molecule has 0 fully saturated rings. The largest absolute Gasteiger partial charge is 0.504 e. The zero-order valence-corrected chi connectivity index (χ0v) is 13.9. The number of hydrogen-bond donors (Lipinski definition) is 4. The van der Waals surface area contributed by atoms with Crippen molar-refractivity contribution in [2.24, 2.45) is 0 Å². The molecule has 2 aromatic carbocycles. The molecule has 2 aromatic rings. The number of nitrogens with one attached hydrogen (secondary N) is 1. The number of aromatic hydroxyl groups is 2. The van der Waals surface area contributed by atoms with Crippen molar-refractivity contribution in [1.29, 1.82) is 0 Å². The van der Waals surface area contributed by atoms with Crippen molar-refractivity contribution in [2.75, 3.05) is 20.8 Å². The highest BCUT2D eigenvalue weighted by Crippen LogP contribution is 2.41. The molecule has 3 rings (SSSR count). The van der Waals surface area contributed by atoms with E-state index >= 15 is 0 Å². The van der Waals surface area contributed by atoms with Crippen LogP contribution in [0.4, 0.5) is 0 Å². The van der Waals surface area contributed by atoms with Gasteiger partial charge in [0.15, 0.2) is 23.0 Å². The monoisotopic (exact) mass is 345 g/mol. The number of rotatable bonds is 4. The van der Waals surface area contributed by atoms with Crippen LogP contribution in [0.25, 0.3) is 0 Å². The molecular weight excluding hydrogens is 326 g/mol. The summed E-state index contributed by atoms with van der Waals surface area (Å²) in [5.74, 6) is -1.10. The van der Waals surface area contributed by atoms with Gasteiger partial charge in [0, 0.05) is 6.54 Å². The number of fused-ring (bicyclic) bond motifs is 1. The van der Waals surface area contributed by atoms with Crippen molar-refractivity contribution in [1.82, 2.24) is 5.32 Å². The second kappa shape index (κ2) is 6.52. The van der Waals surface area contributed by atoms with Crippen LogP contribution in [0.1, 0.15) is 33.1 Å². The molecule has 0 spiro atoms. The molecule has 0 radical (unpaired) electrons. The van der Waals surface area contributed by atoms with Gasteiger partial charge in [-0.15, -0.1) is 0 Å². The van der Waals surface area contributed by atoms with E-state index in [4.69, 9.17) is 9.47 Å². The average molecular weight is 345 g/mol. The molecular formula is C18H19NO6. The topological polar surface area (TPSA) is 108 Å². The Balaban J connectivity index is 2.22. The van der Waals surface area contributed by atoms with Gasteiger partial charge in [0.1, 0.15) is 5.56 Å². The predicted octanol–water partition coefficient (Wildman–Crippen LogP) is 2.05. The first-order chi connectivity index (χ1) is 12.0. The Kier molecular flexibility index (Phi) is 4.41. The summed E-state index contributed by atoms with van der Waals surface area (Å²) in [5.41, 5.74) is 2.07. The first-order valence-corrected chi connectivity index (χ1v) is 7.74. The maximum atomic E-state index is 11.9. The standard InChI is InChI=1S/C18H19NO6/c1-24-14-4-3-10(15(18(22)23)17(14)25-2)16-11-8-13(21)12(20)7-9(11)5-6-19-16/h3-4,7-8,16,19-21H,5-6H2,1-2H3,(H,22,23)/t16-/m0/s1. The van der Waals surface area contributed by atoms with Gasteiger partial charge in [-0.05, 0) is 41.3 Å². The lowest BCUT2D eigenvalue weighted by molar-refractivity contribution is 0.0690. The van der Waals surface area contributed by atoms with Gasteiger partial charge in [-0.25, -0.2) is 4.79 Å². The lowest BCUT2D eigenvalue weighted by Gasteiger charge is -2.29. The van der Waals surface area contributed by atoms with E-state index in [1.165, 1.54) is 26.4 Å². The molecule has 1 aliphatic heterocycles. The summed E-state index contributed by atoms with van der Waals surface area (Å²) < 4.78 is 10.5. The smallest absolute Gasteiger partial charge is 0.339 e. The lowest BCUT2D eigenvalue weighted by Crippen LogP contribution is -2.31. The van der Waals surface area contributed by atoms with Gasteiger partial charge in [-0.1, -0.05) is 6.07 Å². The van der Waals surface area contributed by atoms with Crippen molar-refractivity contribution in [3.63, 3.8) is 0 Å². The molecule has 1 atom stereocenters. The number of carbonyl (C=O) groups is 1. The second-order valence-corrected chi connectivity index (χ2v) is 5.75. The first-order valence-electron chi connectivity index (χ1n) is 7.74. The third kappa shape index (κ3) is 2.83. The summed E-state index contributed by atoms with van der Waals surface area (Å²) in [6.07, 6.45) is 0.662. The molecule has 7 heteroatoms. The minimum Gasteiger partial charge on any atom is -0.504 e. The van der Waals surface area contributed by atoms with E-state index < -0.39 is 12.0 Å². The molecule has 0 unspecified atom stereocenters. The Bertz CT molecular complexity index is 833. The normalized spacial score (nSPS) is 16.2. The van der Waals surface area contributed by atoms with Crippen LogP contribution in [0.3, 0.4) is 0 Å². The fourth-order valence-corrected chi connectivity index (χ4v) is 3.26. The van der Waals surface area contributed by atoms with Crippen LogP contribution in [0.15, 0.2) is 24.3 Å². The summed E-state index contributed by atoms with van der Waals surface area (Å²) >= 11 is 0. The maximum Gasteiger partial charge on any atom is 0.339 e. The molecule has 7 nitrogen and oxygen atoms in total. The van der Waals surface area contributed by atoms with Crippen molar-refractivity contribution in [3.05, 3.63) is 46.5 Å². The summed E-state index contributed by atoms with van der Waals surface area (Å²) in [5, 5.41) is 32.6. The third-order valence-electron chi connectivity index (χ3n) is 4.39. The number of carboxylic acid groups (broad SMARTS) is 1. The van der Waals surface area contributed by atoms with Gasteiger partial charge in [0.05, 0.1) is 20.3 Å². The van der Waals surface area contributed by atoms with Crippen molar-refractivity contribution < 1.29 is 29.6 Å². The van der Waals surface area contributed by atoms with Crippen LogP contribution in [0.5, 0.6) is 23.0 Å². The van der Waals surface area contributed by atoms with E-state index in [1.54, 1.807) is 12.1 Å². The number of phenolic OH excluding ortho intramolecular Hbond substituents is 2. The van der Waals surface area contributed by atoms with Crippen LogP contribution in [-0.4, -0.2) is 42.1 Å².